The van der Waals surface area contributed by atoms with Crippen LogP contribution in [0.25, 0.3) is 10.2 Å². The van der Waals surface area contributed by atoms with Gasteiger partial charge in [-0.05, 0) is 36.4 Å². The summed E-state index contributed by atoms with van der Waals surface area (Å²) in [5.74, 6) is 0. The van der Waals surface area contributed by atoms with Gasteiger partial charge >= 0.3 is 0 Å². The summed E-state index contributed by atoms with van der Waals surface area (Å²) >= 11 is 1.58. The molecule has 1 aromatic heterocycles. The first-order valence-electron chi connectivity index (χ1n) is 11.6. The molecule has 1 saturated heterocycles. The number of anilines is 1. The molecule has 3 aromatic rings. The molecule has 0 aliphatic carbocycles. The number of aromatic nitrogens is 1. The van der Waals surface area contributed by atoms with Gasteiger partial charge in [0.05, 0.1) is 28.7 Å². The molecule has 0 N–H and O–H groups in total. The van der Waals surface area contributed by atoms with E-state index < -0.39 is 0 Å². The van der Waals surface area contributed by atoms with E-state index in [1.54, 1.807) is 17.5 Å². The monoisotopic (exact) mass is 472 g/mol. The lowest BCUT2D eigenvalue weighted by atomic mass is 10.1. The fraction of sp³-hybridized carbons (Fsp3) is 0.346. The lowest BCUT2D eigenvalue weighted by Crippen LogP contribution is -2.43. The average molecular weight is 473 g/mol. The highest BCUT2D eigenvalue weighted by molar-refractivity contribution is 7.22. The molecule has 7 nitrogen and oxygen atoms in total. The Morgan fingerprint density at radius 1 is 1.06 bits per heavy atom. The molecule has 2 aromatic carbocycles. The molecular formula is C26H28N6OS. The Balaban J connectivity index is 1.27. The molecule has 0 saturated carbocycles. The van der Waals surface area contributed by atoms with Gasteiger partial charge < -0.3 is 9.64 Å². The summed E-state index contributed by atoms with van der Waals surface area (Å²) < 4.78 is 7.27. The fourth-order valence-corrected chi connectivity index (χ4v) is 5.21. The molecule has 0 bridgehead atoms. The third-order valence-electron chi connectivity index (χ3n) is 6.21. The third-order valence-corrected chi connectivity index (χ3v) is 7.25. The molecule has 2 aliphatic heterocycles. The van der Waals surface area contributed by atoms with Crippen molar-refractivity contribution < 1.29 is 4.74 Å². The summed E-state index contributed by atoms with van der Waals surface area (Å²) in [5, 5.41) is 10.1. The highest BCUT2D eigenvalue weighted by Gasteiger charge is 2.28. The average Bonchev–Trinajstić information content (AvgIpc) is 3.29. The Hall–Kier alpha value is -3.25. The van der Waals surface area contributed by atoms with Crippen molar-refractivity contribution in [3.05, 3.63) is 71.9 Å². The van der Waals surface area contributed by atoms with Crippen LogP contribution in [0.5, 0.6) is 0 Å². The maximum Gasteiger partial charge on any atom is 0.299 e. The van der Waals surface area contributed by atoms with Crippen molar-refractivity contribution in [1.29, 1.82) is 5.26 Å². The minimum Gasteiger partial charge on any atom is -0.460 e. The number of rotatable bonds is 6. The molecule has 1 unspecified atom stereocenters. The van der Waals surface area contributed by atoms with E-state index in [0.29, 0.717) is 19.0 Å². The largest absolute Gasteiger partial charge is 0.460 e. The first kappa shape index (κ1) is 22.5. The number of likely N-dealkylation sites (N-methyl/N-ethyl adjacent to an activating group) is 1. The summed E-state index contributed by atoms with van der Waals surface area (Å²) in [6.45, 7) is 5.86. The van der Waals surface area contributed by atoms with Crippen molar-refractivity contribution in [2.24, 2.45) is 4.99 Å². The van der Waals surface area contributed by atoms with Crippen LogP contribution in [0, 0.1) is 11.3 Å². The van der Waals surface area contributed by atoms with Gasteiger partial charge in [0.25, 0.3) is 6.02 Å². The number of hydrogen-bond donors (Lipinski definition) is 0. The Morgan fingerprint density at radius 2 is 1.82 bits per heavy atom. The number of ether oxygens (including phenoxy) is 1. The van der Waals surface area contributed by atoms with Gasteiger partial charge in [-0.2, -0.15) is 5.26 Å². The molecule has 2 aliphatic rings. The van der Waals surface area contributed by atoms with Gasteiger partial charge in [0.1, 0.15) is 6.61 Å². The van der Waals surface area contributed by atoms with Crippen LogP contribution in [0.3, 0.4) is 0 Å². The summed E-state index contributed by atoms with van der Waals surface area (Å²) in [7, 11) is 2.18. The number of thiazole rings is 1. The van der Waals surface area contributed by atoms with Crippen molar-refractivity contribution >= 4 is 32.7 Å². The second-order valence-corrected chi connectivity index (χ2v) is 9.71. The van der Waals surface area contributed by atoms with Crippen LogP contribution in [0.2, 0.25) is 0 Å². The Kier molecular flexibility index (Phi) is 6.86. The normalized spacial score (nSPS) is 19.2. The van der Waals surface area contributed by atoms with E-state index in [0.717, 1.165) is 53.6 Å². The number of para-hydroxylation sites is 1. The first-order valence-corrected chi connectivity index (χ1v) is 12.4. The van der Waals surface area contributed by atoms with Crippen molar-refractivity contribution in [3.63, 3.8) is 0 Å². The van der Waals surface area contributed by atoms with E-state index in [-0.39, 0.29) is 6.04 Å². The molecule has 34 heavy (non-hydrogen) atoms. The third kappa shape index (κ3) is 5.12. The highest BCUT2D eigenvalue weighted by atomic mass is 32.1. The Bertz CT molecular complexity index is 1190. The summed E-state index contributed by atoms with van der Waals surface area (Å²) in [6.07, 6.45) is 3.98. The number of aliphatic imine (C=N–C) groups is 1. The zero-order chi connectivity index (χ0) is 23.3. The Labute approximate surface area is 204 Å². The van der Waals surface area contributed by atoms with E-state index >= 15 is 0 Å². The van der Waals surface area contributed by atoms with Gasteiger partial charge in [0, 0.05) is 38.9 Å². The smallest absolute Gasteiger partial charge is 0.299 e. The zero-order valence-corrected chi connectivity index (χ0v) is 20.1. The summed E-state index contributed by atoms with van der Waals surface area (Å²) in [6, 6.07) is 19.2. The zero-order valence-electron chi connectivity index (χ0n) is 19.3. The molecule has 5 rings (SSSR count). The first-order chi connectivity index (χ1) is 16.7. The fourth-order valence-electron chi connectivity index (χ4n) is 4.20. The van der Waals surface area contributed by atoms with Crippen LogP contribution < -0.4 is 4.90 Å². The second kappa shape index (κ2) is 10.3. The molecule has 8 heteroatoms. The lowest BCUT2D eigenvalue weighted by Gasteiger charge is -2.32. The molecule has 174 valence electrons. The minimum atomic E-state index is -0.163. The second-order valence-electron chi connectivity index (χ2n) is 8.70. The summed E-state index contributed by atoms with van der Waals surface area (Å²) in [5.41, 5.74) is 3.33. The molecule has 3 heterocycles. The number of nitrogens with zero attached hydrogens (tertiary/aromatic N) is 6. The van der Waals surface area contributed by atoms with Crippen LogP contribution >= 0.6 is 11.3 Å². The standard InChI is InChI=1S/C26H28N6OS/c1-30-14-16-31(17-15-30)18-20-6-8-21(9-7-20)19-33-25-28-13-11-22(10-12-27)32(25)26-29-23-4-2-3-5-24(23)34-26/h2-9,11,13,22H,10,14-19H2,1H3. The van der Waals surface area contributed by atoms with Crippen LogP contribution in [0.1, 0.15) is 17.5 Å². The van der Waals surface area contributed by atoms with Crippen molar-refractivity contribution in [3.8, 4) is 6.07 Å². The quantitative estimate of drug-likeness (QED) is 0.535. The summed E-state index contributed by atoms with van der Waals surface area (Å²) in [4.78, 5) is 16.1. The molecule has 1 atom stereocenters. The number of fused-ring (bicyclic) bond motifs is 1. The van der Waals surface area contributed by atoms with Crippen molar-refractivity contribution in [2.75, 3.05) is 38.1 Å². The molecule has 0 spiro atoms. The van der Waals surface area contributed by atoms with Gasteiger partial charge in [0.15, 0.2) is 5.13 Å². The van der Waals surface area contributed by atoms with Crippen molar-refractivity contribution in [1.82, 2.24) is 14.8 Å². The van der Waals surface area contributed by atoms with E-state index in [4.69, 9.17) is 9.72 Å². The number of hydrogen-bond acceptors (Lipinski definition) is 8. The van der Waals surface area contributed by atoms with Crippen LogP contribution in [0.15, 0.2) is 65.8 Å². The van der Waals surface area contributed by atoms with Gasteiger partial charge in [-0.3, -0.25) is 9.80 Å². The SMILES string of the molecule is CN1CCN(Cc2ccc(COC3=NC=CC(CC#N)N3c3nc4ccccc4s3)cc2)CC1. The molecule has 1 fully saturated rings. The van der Waals surface area contributed by atoms with Gasteiger partial charge in [-0.15, -0.1) is 0 Å². The van der Waals surface area contributed by atoms with Crippen LogP contribution in [0.4, 0.5) is 5.13 Å². The van der Waals surface area contributed by atoms with E-state index in [1.807, 2.05) is 29.2 Å². The highest BCUT2D eigenvalue weighted by Crippen LogP contribution is 2.32. The maximum atomic E-state index is 9.36. The number of amidine groups is 1. The van der Waals surface area contributed by atoms with Crippen LogP contribution in [-0.4, -0.2) is 60.1 Å². The predicted octanol–water partition coefficient (Wildman–Crippen LogP) is 4.23. The van der Waals surface area contributed by atoms with Crippen LogP contribution in [-0.2, 0) is 17.9 Å². The minimum absolute atomic E-state index is 0.163. The maximum absolute atomic E-state index is 9.36. The number of piperazine rings is 1. The van der Waals surface area contributed by atoms with E-state index in [2.05, 4.69) is 58.2 Å². The van der Waals surface area contributed by atoms with Gasteiger partial charge in [-0.1, -0.05) is 47.7 Å². The van der Waals surface area contributed by atoms with E-state index in [9.17, 15) is 5.26 Å². The topological polar surface area (TPSA) is 68.0 Å². The number of nitriles is 1. The number of benzene rings is 2. The van der Waals surface area contributed by atoms with Gasteiger partial charge in [-0.25, -0.2) is 9.98 Å². The molecular weight excluding hydrogens is 444 g/mol. The lowest BCUT2D eigenvalue weighted by molar-refractivity contribution is 0.148. The van der Waals surface area contributed by atoms with Gasteiger partial charge in [0.2, 0.25) is 0 Å². The van der Waals surface area contributed by atoms with E-state index in [1.165, 1.54) is 5.56 Å². The molecule has 0 radical (unpaired) electrons. The molecule has 0 amide bonds. The Morgan fingerprint density at radius 3 is 2.59 bits per heavy atom. The van der Waals surface area contributed by atoms with Crippen molar-refractivity contribution in [2.45, 2.75) is 25.6 Å². The predicted molar refractivity (Wildman–Crippen MR) is 137 cm³/mol.